The summed E-state index contributed by atoms with van der Waals surface area (Å²) >= 11 is 0. The number of nitrogens with zero attached hydrogens (tertiary/aromatic N) is 2. The van der Waals surface area contributed by atoms with Crippen molar-refractivity contribution in [3.63, 3.8) is 0 Å². The number of aromatic nitrogens is 2. The molecule has 2 heterocycles. The van der Waals surface area contributed by atoms with E-state index in [-0.39, 0.29) is 19.1 Å². The summed E-state index contributed by atoms with van der Waals surface area (Å²) in [5, 5.41) is 17.8. The highest BCUT2D eigenvalue weighted by Crippen LogP contribution is 2.25. The van der Waals surface area contributed by atoms with E-state index in [0.29, 0.717) is 18.7 Å². The van der Waals surface area contributed by atoms with Gasteiger partial charge in [0.25, 0.3) is 5.91 Å². The first-order chi connectivity index (χ1) is 11.9. The molecule has 25 heavy (non-hydrogen) atoms. The van der Waals surface area contributed by atoms with Crippen molar-refractivity contribution in [1.29, 1.82) is 0 Å². The number of carbonyl (C=O) groups is 1. The highest BCUT2D eigenvalue weighted by Gasteiger charge is 2.40. The Kier molecular flexibility index (Phi) is 4.81. The molecule has 0 unspecified atom stereocenters. The lowest BCUT2D eigenvalue weighted by Gasteiger charge is -2.23. The van der Waals surface area contributed by atoms with E-state index in [1.807, 2.05) is 45.0 Å². The summed E-state index contributed by atoms with van der Waals surface area (Å²) in [5.74, 6) is 0.583. The van der Waals surface area contributed by atoms with E-state index >= 15 is 0 Å². The first kappa shape index (κ1) is 17.5. The predicted octanol–water partition coefficient (Wildman–Crippen LogP) is 2.24. The van der Waals surface area contributed by atoms with Gasteiger partial charge in [0.05, 0.1) is 6.54 Å². The van der Waals surface area contributed by atoms with Crippen LogP contribution in [0.4, 0.5) is 0 Å². The van der Waals surface area contributed by atoms with Crippen LogP contribution in [0.25, 0.3) is 0 Å². The number of likely N-dealkylation sites (tertiary alicyclic amines) is 1. The number of rotatable bonds is 5. The molecule has 1 fully saturated rings. The van der Waals surface area contributed by atoms with E-state index in [9.17, 15) is 9.90 Å². The maximum atomic E-state index is 12.7. The number of amides is 1. The standard InChI is InChI=1S/C19H25N3O3/c1-4-16-14(3)17(21-20-16)18(23)22-10-9-19(24,11-22)12-25-15-7-5-13(2)6-8-15/h5-8,24H,4,9-12H2,1-3H3,(H,20,21)/t19-/m1/s1. The van der Waals surface area contributed by atoms with Crippen LogP contribution in [-0.2, 0) is 6.42 Å². The van der Waals surface area contributed by atoms with Gasteiger partial charge in [-0.2, -0.15) is 5.10 Å². The summed E-state index contributed by atoms with van der Waals surface area (Å²) in [4.78, 5) is 14.3. The average Bonchev–Trinajstić information content (AvgIpc) is 3.17. The van der Waals surface area contributed by atoms with E-state index in [0.717, 1.165) is 29.0 Å². The molecule has 1 aromatic heterocycles. The second kappa shape index (κ2) is 6.88. The van der Waals surface area contributed by atoms with Gasteiger partial charge in [-0.25, -0.2) is 0 Å². The molecule has 0 saturated carbocycles. The van der Waals surface area contributed by atoms with Crippen LogP contribution in [0.15, 0.2) is 24.3 Å². The number of benzene rings is 1. The molecule has 1 aromatic carbocycles. The number of hydrogen-bond donors (Lipinski definition) is 2. The molecule has 3 rings (SSSR count). The van der Waals surface area contributed by atoms with Crippen molar-refractivity contribution in [2.24, 2.45) is 0 Å². The molecular formula is C19H25N3O3. The van der Waals surface area contributed by atoms with E-state index in [4.69, 9.17) is 4.74 Å². The van der Waals surface area contributed by atoms with Crippen LogP contribution in [0.5, 0.6) is 5.75 Å². The zero-order chi connectivity index (χ0) is 18.0. The van der Waals surface area contributed by atoms with Crippen LogP contribution in [0, 0.1) is 13.8 Å². The van der Waals surface area contributed by atoms with Gasteiger partial charge >= 0.3 is 0 Å². The minimum absolute atomic E-state index is 0.139. The van der Waals surface area contributed by atoms with Crippen molar-refractivity contribution in [2.45, 2.75) is 39.2 Å². The third-order valence-electron chi connectivity index (χ3n) is 4.81. The third-order valence-corrected chi connectivity index (χ3v) is 4.81. The molecule has 0 spiro atoms. The second-order valence-electron chi connectivity index (χ2n) is 6.83. The number of aliphatic hydroxyl groups is 1. The van der Waals surface area contributed by atoms with Crippen LogP contribution < -0.4 is 4.74 Å². The molecule has 6 heteroatoms. The van der Waals surface area contributed by atoms with Gasteiger partial charge in [-0.05, 0) is 38.8 Å². The molecule has 0 bridgehead atoms. The first-order valence-corrected chi connectivity index (χ1v) is 8.67. The van der Waals surface area contributed by atoms with E-state index in [1.54, 1.807) is 4.90 Å². The summed E-state index contributed by atoms with van der Waals surface area (Å²) in [6.45, 7) is 6.86. The number of hydrogen-bond acceptors (Lipinski definition) is 4. The van der Waals surface area contributed by atoms with Crippen molar-refractivity contribution >= 4 is 5.91 Å². The largest absolute Gasteiger partial charge is 0.491 e. The Morgan fingerprint density at radius 2 is 2.08 bits per heavy atom. The summed E-state index contributed by atoms with van der Waals surface area (Å²) in [5.41, 5.74) is 2.43. The van der Waals surface area contributed by atoms with Crippen molar-refractivity contribution in [1.82, 2.24) is 15.1 Å². The van der Waals surface area contributed by atoms with E-state index in [2.05, 4.69) is 10.2 Å². The minimum atomic E-state index is -1.03. The smallest absolute Gasteiger partial charge is 0.274 e. The third kappa shape index (κ3) is 3.69. The minimum Gasteiger partial charge on any atom is -0.491 e. The Balaban J connectivity index is 1.62. The second-order valence-corrected chi connectivity index (χ2v) is 6.83. The molecule has 0 aliphatic carbocycles. The fourth-order valence-electron chi connectivity index (χ4n) is 3.14. The SMILES string of the molecule is CCc1[nH]nc(C(=O)N2CC[C@](O)(COc3ccc(C)cc3)C2)c1C. The Labute approximate surface area is 147 Å². The maximum absolute atomic E-state index is 12.7. The first-order valence-electron chi connectivity index (χ1n) is 8.67. The number of β-amino-alcohol motifs (C(OH)–C–C–N with tert-alkyl or cyclic N) is 1. The quantitative estimate of drug-likeness (QED) is 0.873. The van der Waals surface area contributed by atoms with Crippen molar-refractivity contribution in [3.8, 4) is 5.75 Å². The van der Waals surface area contributed by atoms with Crippen LogP contribution >= 0.6 is 0 Å². The van der Waals surface area contributed by atoms with Gasteiger partial charge in [-0.1, -0.05) is 24.6 Å². The Morgan fingerprint density at radius 3 is 2.72 bits per heavy atom. The number of ether oxygens (including phenoxy) is 1. The number of nitrogens with one attached hydrogen (secondary N) is 1. The monoisotopic (exact) mass is 343 g/mol. The molecule has 134 valence electrons. The molecule has 2 aromatic rings. The van der Waals surface area contributed by atoms with Gasteiger partial charge in [0.1, 0.15) is 18.0 Å². The molecule has 1 aliphatic heterocycles. The molecule has 6 nitrogen and oxygen atoms in total. The summed E-state index contributed by atoms with van der Waals surface area (Å²) in [6.07, 6.45) is 1.30. The predicted molar refractivity (Wildman–Crippen MR) is 94.8 cm³/mol. The Hall–Kier alpha value is -2.34. The molecule has 1 atom stereocenters. The van der Waals surface area contributed by atoms with Gasteiger partial charge in [0.2, 0.25) is 0 Å². The van der Waals surface area contributed by atoms with Crippen LogP contribution in [0.1, 0.15) is 40.7 Å². The fraction of sp³-hybridized carbons (Fsp3) is 0.474. The average molecular weight is 343 g/mol. The summed E-state index contributed by atoms with van der Waals surface area (Å²) in [7, 11) is 0. The Bertz CT molecular complexity index is 754. The van der Waals surface area contributed by atoms with Crippen molar-refractivity contribution in [3.05, 3.63) is 46.8 Å². The Morgan fingerprint density at radius 1 is 1.36 bits per heavy atom. The zero-order valence-electron chi connectivity index (χ0n) is 15.0. The number of carbonyl (C=O) groups excluding carboxylic acids is 1. The topological polar surface area (TPSA) is 78.5 Å². The summed E-state index contributed by atoms with van der Waals surface area (Å²) < 4.78 is 5.72. The molecule has 2 N–H and O–H groups in total. The van der Waals surface area contributed by atoms with Crippen LogP contribution in [0.3, 0.4) is 0 Å². The highest BCUT2D eigenvalue weighted by molar-refractivity contribution is 5.94. The number of aryl methyl sites for hydroxylation is 2. The van der Waals surface area contributed by atoms with E-state index < -0.39 is 5.60 Å². The highest BCUT2D eigenvalue weighted by atomic mass is 16.5. The zero-order valence-corrected chi connectivity index (χ0v) is 15.0. The van der Waals surface area contributed by atoms with Gasteiger partial charge in [0, 0.05) is 17.8 Å². The van der Waals surface area contributed by atoms with Gasteiger partial charge in [-0.3, -0.25) is 9.89 Å². The van der Waals surface area contributed by atoms with Gasteiger partial charge in [-0.15, -0.1) is 0 Å². The lowest BCUT2D eigenvalue weighted by Crippen LogP contribution is -2.40. The molecule has 1 amide bonds. The van der Waals surface area contributed by atoms with Crippen molar-refractivity contribution in [2.75, 3.05) is 19.7 Å². The van der Waals surface area contributed by atoms with Gasteiger partial charge < -0.3 is 14.7 Å². The van der Waals surface area contributed by atoms with Crippen molar-refractivity contribution < 1.29 is 14.6 Å². The van der Waals surface area contributed by atoms with E-state index in [1.165, 1.54) is 0 Å². The fourth-order valence-corrected chi connectivity index (χ4v) is 3.14. The maximum Gasteiger partial charge on any atom is 0.274 e. The van der Waals surface area contributed by atoms with Gasteiger partial charge in [0.15, 0.2) is 5.69 Å². The lowest BCUT2D eigenvalue weighted by atomic mass is 10.1. The van der Waals surface area contributed by atoms with Crippen LogP contribution in [-0.4, -0.2) is 51.4 Å². The lowest BCUT2D eigenvalue weighted by molar-refractivity contribution is 0.00424. The molecule has 1 saturated heterocycles. The van der Waals surface area contributed by atoms with Crippen LogP contribution in [0.2, 0.25) is 0 Å². The summed E-state index contributed by atoms with van der Waals surface area (Å²) in [6, 6.07) is 7.71. The normalized spacial score (nSPS) is 20.1. The molecular weight excluding hydrogens is 318 g/mol. The number of H-pyrrole nitrogens is 1. The number of aromatic amines is 1. The molecule has 0 radical (unpaired) electrons. The molecule has 1 aliphatic rings.